The molecule has 0 saturated heterocycles. The number of rotatable bonds is 32. The Balaban J connectivity index is 1.69. The van der Waals surface area contributed by atoms with Crippen molar-refractivity contribution in [2.24, 2.45) is 0 Å². The number of hydrogen-bond donors (Lipinski definition) is 1. The summed E-state index contributed by atoms with van der Waals surface area (Å²) in [6.07, 6.45) is 43.6. The average molecular weight is 607 g/mol. The van der Waals surface area contributed by atoms with Crippen molar-refractivity contribution in [3.63, 3.8) is 0 Å². The van der Waals surface area contributed by atoms with Crippen LogP contribution >= 0.6 is 0 Å². The first kappa shape index (κ1) is 39.2. The highest BCUT2D eigenvalue weighted by Gasteiger charge is 2.08. The van der Waals surface area contributed by atoms with Gasteiger partial charge in [0, 0.05) is 0 Å². The summed E-state index contributed by atoms with van der Waals surface area (Å²) in [5, 5.41) is 0. The van der Waals surface area contributed by atoms with Gasteiger partial charge in [0.2, 0.25) is 0 Å². The number of unbranched alkanes of at least 4 members (excludes halogenated alkanes) is 29. The van der Waals surface area contributed by atoms with E-state index in [1.54, 1.807) is 0 Å². The van der Waals surface area contributed by atoms with Gasteiger partial charge in [-0.15, -0.1) is 0 Å². The quantitative estimate of drug-likeness (QED) is 0.0655. The number of aryl methyl sites for hydroxylation is 1. The second-order valence-electron chi connectivity index (χ2n) is 13.1. The molecule has 1 aromatic rings. The fraction of sp³-hybridized carbons (Fsp3) is 0.842. The highest BCUT2D eigenvalue weighted by Crippen LogP contribution is 2.17. The van der Waals surface area contributed by atoms with Crippen LogP contribution in [0.2, 0.25) is 0 Å². The first-order valence-corrected chi connectivity index (χ1v) is 20.0. The molecule has 0 aliphatic heterocycles. The molecular formula is C38H70O3S. The predicted molar refractivity (Wildman–Crippen MR) is 184 cm³/mol. The summed E-state index contributed by atoms with van der Waals surface area (Å²) in [5.74, 6) is 0. The van der Waals surface area contributed by atoms with E-state index in [2.05, 4.69) is 6.92 Å². The summed E-state index contributed by atoms with van der Waals surface area (Å²) < 4.78 is 31.2. The predicted octanol–water partition coefficient (Wildman–Crippen LogP) is 13.2. The van der Waals surface area contributed by atoms with E-state index < -0.39 is 10.1 Å². The zero-order valence-electron chi connectivity index (χ0n) is 27.9. The lowest BCUT2D eigenvalue weighted by Crippen LogP contribution is -1.98. The largest absolute Gasteiger partial charge is 0.294 e. The minimum absolute atomic E-state index is 0.0213. The van der Waals surface area contributed by atoms with E-state index in [9.17, 15) is 8.42 Å². The first-order chi connectivity index (χ1) is 20.5. The van der Waals surface area contributed by atoms with Gasteiger partial charge in [0.25, 0.3) is 10.1 Å². The molecule has 1 rings (SSSR count). The van der Waals surface area contributed by atoms with Gasteiger partial charge in [-0.1, -0.05) is 205 Å². The summed E-state index contributed by atoms with van der Waals surface area (Å²) >= 11 is 0. The topological polar surface area (TPSA) is 54.4 Å². The monoisotopic (exact) mass is 607 g/mol. The molecule has 0 aliphatic rings. The van der Waals surface area contributed by atoms with Crippen LogP contribution in [0.1, 0.15) is 205 Å². The summed E-state index contributed by atoms with van der Waals surface area (Å²) in [6.45, 7) is 2.30. The standard InChI is InChI=1S/C38H70O3S/c1-2-3-4-5-6-7-8-9-10-11-12-13-14-15-16-17-18-19-20-21-22-23-24-25-26-27-28-29-30-31-32-37-33-35-38(36-34-37)42(39,40)41/h33-36H,2-32H2,1H3,(H,39,40,41). The van der Waals surface area contributed by atoms with Gasteiger partial charge in [-0.2, -0.15) is 8.42 Å². The zero-order valence-corrected chi connectivity index (χ0v) is 28.7. The van der Waals surface area contributed by atoms with Crippen molar-refractivity contribution >= 4 is 10.1 Å². The third kappa shape index (κ3) is 25.6. The summed E-state index contributed by atoms with van der Waals surface area (Å²) in [4.78, 5) is -0.0213. The maximum atomic E-state index is 11.1. The van der Waals surface area contributed by atoms with E-state index in [1.165, 1.54) is 198 Å². The molecule has 1 aromatic carbocycles. The summed E-state index contributed by atoms with van der Waals surface area (Å²) in [5.41, 5.74) is 1.14. The zero-order chi connectivity index (χ0) is 30.4. The van der Waals surface area contributed by atoms with Gasteiger partial charge in [0.1, 0.15) is 0 Å². The Hall–Kier alpha value is -0.870. The van der Waals surface area contributed by atoms with Gasteiger partial charge in [0.05, 0.1) is 4.90 Å². The Morgan fingerprint density at radius 1 is 0.405 bits per heavy atom. The van der Waals surface area contributed by atoms with Crippen molar-refractivity contribution in [3.05, 3.63) is 29.8 Å². The van der Waals surface area contributed by atoms with Crippen molar-refractivity contribution in [2.75, 3.05) is 0 Å². The van der Waals surface area contributed by atoms with Crippen LogP contribution in [-0.4, -0.2) is 13.0 Å². The molecule has 1 N–H and O–H groups in total. The van der Waals surface area contributed by atoms with Crippen LogP contribution in [0.3, 0.4) is 0 Å². The van der Waals surface area contributed by atoms with Crippen molar-refractivity contribution in [1.82, 2.24) is 0 Å². The molecule has 42 heavy (non-hydrogen) atoms. The van der Waals surface area contributed by atoms with E-state index in [0.717, 1.165) is 18.4 Å². The molecule has 3 nitrogen and oxygen atoms in total. The maximum Gasteiger partial charge on any atom is 0.294 e. The van der Waals surface area contributed by atoms with Gasteiger partial charge in [-0.3, -0.25) is 4.55 Å². The Labute approximate surface area is 263 Å². The second-order valence-corrected chi connectivity index (χ2v) is 14.5. The van der Waals surface area contributed by atoms with Crippen molar-refractivity contribution in [1.29, 1.82) is 0 Å². The SMILES string of the molecule is CCCCCCCCCCCCCCCCCCCCCCCCCCCCCCCCc1ccc(S(=O)(=O)O)cc1. The second kappa shape index (κ2) is 28.9. The van der Waals surface area contributed by atoms with Crippen LogP contribution in [0.15, 0.2) is 29.2 Å². The van der Waals surface area contributed by atoms with Gasteiger partial charge in [0.15, 0.2) is 0 Å². The highest BCUT2D eigenvalue weighted by atomic mass is 32.2. The van der Waals surface area contributed by atoms with E-state index in [0.29, 0.717) is 0 Å². The van der Waals surface area contributed by atoms with Crippen LogP contribution < -0.4 is 0 Å². The van der Waals surface area contributed by atoms with Crippen LogP contribution in [0.4, 0.5) is 0 Å². The smallest absolute Gasteiger partial charge is 0.282 e. The molecule has 0 aromatic heterocycles. The number of hydrogen-bond acceptors (Lipinski definition) is 2. The third-order valence-corrected chi connectivity index (χ3v) is 9.91. The molecule has 0 aliphatic carbocycles. The van der Waals surface area contributed by atoms with Crippen molar-refractivity contribution in [2.45, 2.75) is 211 Å². The average Bonchev–Trinajstić information content (AvgIpc) is 2.98. The van der Waals surface area contributed by atoms with Crippen molar-refractivity contribution < 1.29 is 13.0 Å². The Morgan fingerprint density at radius 3 is 0.881 bits per heavy atom. The van der Waals surface area contributed by atoms with Crippen molar-refractivity contribution in [3.8, 4) is 0 Å². The summed E-state index contributed by atoms with van der Waals surface area (Å²) in [6, 6.07) is 6.61. The molecule has 4 heteroatoms. The van der Waals surface area contributed by atoms with E-state index in [1.807, 2.05) is 12.1 Å². The minimum Gasteiger partial charge on any atom is -0.282 e. The Bertz CT molecular complexity index is 787. The third-order valence-electron chi connectivity index (χ3n) is 9.04. The Morgan fingerprint density at radius 2 is 0.643 bits per heavy atom. The number of benzene rings is 1. The lowest BCUT2D eigenvalue weighted by Gasteiger charge is -2.05. The fourth-order valence-corrected chi connectivity index (χ4v) is 6.66. The van der Waals surface area contributed by atoms with Crippen LogP contribution in [0, 0.1) is 0 Å². The van der Waals surface area contributed by atoms with Crippen LogP contribution in [0.5, 0.6) is 0 Å². The maximum absolute atomic E-state index is 11.1. The van der Waals surface area contributed by atoms with Crippen LogP contribution in [-0.2, 0) is 16.5 Å². The normalized spacial score (nSPS) is 11.9. The molecule has 0 saturated carbocycles. The summed E-state index contributed by atoms with van der Waals surface area (Å²) in [7, 11) is -4.08. The molecule has 0 unspecified atom stereocenters. The molecule has 0 atom stereocenters. The molecule has 0 radical (unpaired) electrons. The van der Waals surface area contributed by atoms with Gasteiger partial charge >= 0.3 is 0 Å². The van der Waals surface area contributed by atoms with Gasteiger partial charge in [-0.05, 0) is 30.5 Å². The molecule has 246 valence electrons. The van der Waals surface area contributed by atoms with Crippen LogP contribution in [0.25, 0.3) is 0 Å². The van der Waals surface area contributed by atoms with E-state index in [4.69, 9.17) is 4.55 Å². The molecular weight excluding hydrogens is 536 g/mol. The van der Waals surface area contributed by atoms with Gasteiger partial charge in [-0.25, -0.2) is 0 Å². The lowest BCUT2D eigenvalue weighted by molar-refractivity contribution is 0.483. The molecule has 0 fully saturated rings. The molecule has 0 bridgehead atoms. The molecule has 0 amide bonds. The minimum atomic E-state index is -4.08. The molecule has 0 heterocycles. The molecule has 0 spiro atoms. The lowest BCUT2D eigenvalue weighted by atomic mass is 10.0. The fourth-order valence-electron chi connectivity index (χ4n) is 6.18. The first-order valence-electron chi connectivity index (χ1n) is 18.6. The highest BCUT2D eigenvalue weighted by molar-refractivity contribution is 7.85. The van der Waals surface area contributed by atoms with E-state index in [-0.39, 0.29) is 4.90 Å². The van der Waals surface area contributed by atoms with Gasteiger partial charge < -0.3 is 0 Å². The Kier molecular flexibility index (Phi) is 26.9. The van der Waals surface area contributed by atoms with E-state index >= 15 is 0 Å².